The second-order valence-corrected chi connectivity index (χ2v) is 7.67. The van der Waals surface area contributed by atoms with Crippen molar-refractivity contribution in [1.29, 1.82) is 0 Å². The van der Waals surface area contributed by atoms with Crippen molar-refractivity contribution in [3.63, 3.8) is 0 Å². The van der Waals surface area contributed by atoms with Gasteiger partial charge in [-0.2, -0.15) is 0 Å². The Morgan fingerprint density at radius 2 is 1.81 bits per heavy atom. The number of hydrogen-bond acceptors (Lipinski definition) is 3. The average Bonchev–Trinajstić information content (AvgIpc) is 3.13. The van der Waals surface area contributed by atoms with E-state index in [4.69, 9.17) is 0 Å². The van der Waals surface area contributed by atoms with Crippen molar-refractivity contribution < 1.29 is 9.18 Å². The highest BCUT2D eigenvalue weighted by molar-refractivity contribution is 8.18. The normalized spacial score (nSPS) is 18.1. The minimum atomic E-state index is -0.274. The number of amidine groups is 1. The molecule has 1 aliphatic rings. The standard InChI is InChI=1S/C20H22FN3OS/c1-13(2)22-20-24(14(3)4)19(25)18(26-20)12-17-6-5-11-23(17)16-9-7-15(21)8-10-16/h5-14H,1-4H3/b18-12+,22-20?. The van der Waals surface area contributed by atoms with E-state index in [1.807, 2.05) is 56.7 Å². The molecule has 1 aliphatic heterocycles. The van der Waals surface area contributed by atoms with E-state index >= 15 is 0 Å². The fourth-order valence-corrected chi connectivity index (χ4v) is 3.95. The van der Waals surface area contributed by atoms with E-state index in [2.05, 4.69) is 4.99 Å². The van der Waals surface area contributed by atoms with Crippen molar-refractivity contribution in [3.05, 3.63) is 59.0 Å². The van der Waals surface area contributed by atoms with Crippen molar-refractivity contribution in [1.82, 2.24) is 9.47 Å². The van der Waals surface area contributed by atoms with Gasteiger partial charge in [-0.1, -0.05) is 0 Å². The first kappa shape index (κ1) is 18.5. The highest BCUT2D eigenvalue weighted by Gasteiger charge is 2.35. The molecular formula is C20H22FN3OS. The zero-order valence-electron chi connectivity index (χ0n) is 15.3. The van der Waals surface area contributed by atoms with Crippen LogP contribution in [0.3, 0.4) is 0 Å². The van der Waals surface area contributed by atoms with E-state index in [0.29, 0.717) is 4.91 Å². The molecule has 26 heavy (non-hydrogen) atoms. The zero-order chi connectivity index (χ0) is 18.8. The molecule has 0 N–H and O–H groups in total. The van der Waals surface area contributed by atoms with E-state index < -0.39 is 0 Å². The van der Waals surface area contributed by atoms with Gasteiger partial charge < -0.3 is 4.57 Å². The van der Waals surface area contributed by atoms with Gasteiger partial charge in [0, 0.05) is 29.7 Å². The summed E-state index contributed by atoms with van der Waals surface area (Å²) < 4.78 is 15.1. The van der Waals surface area contributed by atoms with Gasteiger partial charge in [-0.15, -0.1) is 0 Å². The van der Waals surface area contributed by atoms with Gasteiger partial charge >= 0.3 is 0 Å². The van der Waals surface area contributed by atoms with Crippen LogP contribution in [-0.4, -0.2) is 32.6 Å². The van der Waals surface area contributed by atoms with Crippen LogP contribution < -0.4 is 0 Å². The van der Waals surface area contributed by atoms with Crippen LogP contribution in [0.4, 0.5) is 4.39 Å². The van der Waals surface area contributed by atoms with Gasteiger partial charge in [-0.05, 0) is 81.9 Å². The summed E-state index contributed by atoms with van der Waals surface area (Å²) in [6, 6.07) is 10.3. The van der Waals surface area contributed by atoms with Crippen LogP contribution >= 0.6 is 11.8 Å². The van der Waals surface area contributed by atoms with E-state index in [1.165, 1.54) is 23.9 Å². The Kier molecular flexibility index (Phi) is 5.32. The molecule has 3 rings (SSSR count). The smallest absolute Gasteiger partial charge is 0.267 e. The van der Waals surface area contributed by atoms with Gasteiger partial charge in [0.05, 0.1) is 4.91 Å². The van der Waals surface area contributed by atoms with Crippen molar-refractivity contribution in [2.45, 2.75) is 39.8 Å². The predicted molar refractivity (Wildman–Crippen MR) is 106 cm³/mol. The van der Waals surface area contributed by atoms with Gasteiger partial charge in [0.2, 0.25) is 0 Å². The molecule has 0 unspecified atom stereocenters. The second kappa shape index (κ2) is 7.50. The zero-order valence-corrected chi connectivity index (χ0v) is 16.1. The molecule has 2 heterocycles. The average molecular weight is 371 g/mol. The molecule has 6 heteroatoms. The molecule has 0 spiro atoms. The number of halogens is 1. The maximum atomic E-state index is 13.2. The van der Waals surface area contributed by atoms with Crippen molar-refractivity contribution in [3.8, 4) is 5.69 Å². The minimum Gasteiger partial charge on any atom is -0.317 e. The third kappa shape index (κ3) is 3.75. The van der Waals surface area contributed by atoms with Crippen LogP contribution in [0.5, 0.6) is 0 Å². The molecule has 4 nitrogen and oxygen atoms in total. The topological polar surface area (TPSA) is 37.6 Å². The first-order valence-corrected chi connectivity index (χ1v) is 9.42. The summed E-state index contributed by atoms with van der Waals surface area (Å²) in [6.45, 7) is 7.97. The van der Waals surface area contributed by atoms with Gasteiger partial charge in [0.1, 0.15) is 5.82 Å². The Hall–Kier alpha value is -2.34. The van der Waals surface area contributed by atoms with Crippen LogP contribution in [0.1, 0.15) is 33.4 Å². The number of hydrogen-bond donors (Lipinski definition) is 0. The molecule has 1 aromatic heterocycles. The molecule has 0 saturated carbocycles. The molecule has 1 saturated heterocycles. The number of amides is 1. The summed E-state index contributed by atoms with van der Waals surface area (Å²) in [7, 11) is 0. The summed E-state index contributed by atoms with van der Waals surface area (Å²) in [5.74, 6) is -0.305. The summed E-state index contributed by atoms with van der Waals surface area (Å²) in [5, 5.41) is 0.742. The Morgan fingerprint density at radius 1 is 1.12 bits per heavy atom. The number of aliphatic imine (C=N–C) groups is 1. The van der Waals surface area contributed by atoms with Gasteiger partial charge in [0.25, 0.3) is 5.91 Å². The monoisotopic (exact) mass is 371 g/mol. The molecule has 0 atom stereocenters. The number of carbonyl (C=O) groups excluding carboxylic acids is 1. The molecule has 1 amide bonds. The third-order valence-corrected chi connectivity index (χ3v) is 4.88. The SMILES string of the molecule is CC(C)N=C1S/C(=C/c2cccn2-c2ccc(F)cc2)C(=O)N1C(C)C. The van der Waals surface area contributed by atoms with E-state index in [-0.39, 0.29) is 23.8 Å². The highest BCUT2D eigenvalue weighted by Crippen LogP contribution is 2.34. The first-order chi connectivity index (χ1) is 12.4. The first-order valence-electron chi connectivity index (χ1n) is 8.61. The molecule has 0 radical (unpaired) electrons. The van der Waals surface area contributed by atoms with Gasteiger partial charge in [-0.25, -0.2) is 4.39 Å². The van der Waals surface area contributed by atoms with E-state index in [9.17, 15) is 9.18 Å². The number of rotatable bonds is 4. The predicted octanol–water partition coefficient (Wildman–Crippen LogP) is 4.71. The summed E-state index contributed by atoms with van der Waals surface area (Å²) >= 11 is 1.40. The fourth-order valence-electron chi connectivity index (χ4n) is 2.74. The fraction of sp³-hybridized carbons (Fsp3) is 0.300. The van der Waals surface area contributed by atoms with E-state index in [1.54, 1.807) is 17.0 Å². The van der Waals surface area contributed by atoms with Crippen LogP contribution in [-0.2, 0) is 4.79 Å². The summed E-state index contributed by atoms with van der Waals surface area (Å²) in [4.78, 5) is 19.8. The largest absolute Gasteiger partial charge is 0.317 e. The van der Waals surface area contributed by atoms with Gasteiger partial charge in [0.15, 0.2) is 5.17 Å². The molecular weight excluding hydrogens is 349 g/mol. The molecule has 0 bridgehead atoms. The lowest BCUT2D eigenvalue weighted by molar-refractivity contribution is -0.123. The van der Waals surface area contributed by atoms with Crippen LogP contribution in [0, 0.1) is 5.82 Å². The molecule has 1 aromatic carbocycles. The summed E-state index contributed by atoms with van der Waals surface area (Å²) in [6.07, 6.45) is 3.77. The third-order valence-electron chi connectivity index (χ3n) is 3.89. The number of nitrogens with zero attached hydrogens (tertiary/aromatic N) is 3. The highest BCUT2D eigenvalue weighted by atomic mass is 32.2. The molecule has 0 aliphatic carbocycles. The second-order valence-electron chi connectivity index (χ2n) is 6.66. The van der Waals surface area contributed by atoms with Crippen LogP contribution in [0.2, 0.25) is 0 Å². The van der Waals surface area contributed by atoms with Gasteiger partial charge in [-0.3, -0.25) is 14.7 Å². The van der Waals surface area contributed by atoms with Crippen molar-refractivity contribution in [2.24, 2.45) is 4.99 Å². The Bertz CT molecular complexity index is 865. The summed E-state index contributed by atoms with van der Waals surface area (Å²) in [5.41, 5.74) is 1.71. The Balaban J connectivity index is 1.97. The van der Waals surface area contributed by atoms with Crippen molar-refractivity contribution >= 4 is 28.9 Å². The Labute approximate surface area is 157 Å². The molecule has 136 valence electrons. The van der Waals surface area contributed by atoms with Crippen LogP contribution in [0.15, 0.2) is 52.5 Å². The molecule has 2 aromatic rings. The maximum absolute atomic E-state index is 13.2. The number of carbonyl (C=O) groups is 1. The Morgan fingerprint density at radius 3 is 2.42 bits per heavy atom. The maximum Gasteiger partial charge on any atom is 0.267 e. The number of thioether (sulfide) groups is 1. The van der Waals surface area contributed by atoms with Crippen molar-refractivity contribution in [2.75, 3.05) is 0 Å². The quantitative estimate of drug-likeness (QED) is 0.730. The lowest BCUT2D eigenvalue weighted by atomic mass is 10.2. The minimum absolute atomic E-state index is 0.0312. The number of aromatic nitrogens is 1. The lowest BCUT2D eigenvalue weighted by Gasteiger charge is -2.20. The van der Waals surface area contributed by atoms with Crippen LogP contribution in [0.25, 0.3) is 11.8 Å². The number of benzene rings is 1. The lowest BCUT2D eigenvalue weighted by Crippen LogP contribution is -2.35. The molecule has 1 fully saturated rings. The van der Waals surface area contributed by atoms with E-state index in [0.717, 1.165) is 16.5 Å².